The molecule has 154 valence electrons. The van der Waals surface area contributed by atoms with Crippen molar-refractivity contribution in [3.8, 4) is 0 Å². The third-order valence-corrected chi connectivity index (χ3v) is 5.62. The van der Waals surface area contributed by atoms with Gasteiger partial charge in [-0.05, 0) is 51.4 Å². The van der Waals surface area contributed by atoms with E-state index in [1.54, 1.807) is 13.8 Å². The molecule has 3 N–H and O–H groups in total. The maximum Gasteiger partial charge on any atom is 0.247 e. The zero-order valence-corrected chi connectivity index (χ0v) is 17.3. The van der Waals surface area contributed by atoms with Crippen LogP contribution < -0.4 is 5.73 Å². The van der Waals surface area contributed by atoms with Gasteiger partial charge in [0.25, 0.3) is 0 Å². The van der Waals surface area contributed by atoms with Gasteiger partial charge in [-0.2, -0.15) is 0 Å². The predicted molar refractivity (Wildman–Crippen MR) is 105 cm³/mol. The van der Waals surface area contributed by atoms with Crippen LogP contribution in [0.2, 0.25) is 0 Å². The number of amides is 2. The van der Waals surface area contributed by atoms with Crippen LogP contribution >= 0.6 is 0 Å². The quantitative estimate of drug-likeness (QED) is 0.542. The molecule has 2 aliphatic heterocycles. The van der Waals surface area contributed by atoms with Crippen molar-refractivity contribution in [2.45, 2.75) is 58.9 Å². The Morgan fingerprint density at radius 3 is 2.41 bits per heavy atom. The van der Waals surface area contributed by atoms with Gasteiger partial charge in [-0.15, -0.1) is 0 Å². The minimum Gasteiger partial charge on any atom is -0.381 e. The Bertz CT molecular complexity index is 547. The Kier molecular flexibility index (Phi) is 7.40. The molecule has 0 saturated carbocycles. The summed E-state index contributed by atoms with van der Waals surface area (Å²) >= 11 is 0. The maximum atomic E-state index is 12.9. The number of hydrogen-bond donors (Lipinski definition) is 2. The van der Waals surface area contributed by atoms with Gasteiger partial charge < -0.3 is 15.4 Å². The smallest absolute Gasteiger partial charge is 0.247 e. The van der Waals surface area contributed by atoms with Gasteiger partial charge in [0.05, 0.1) is 23.9 Å². The first-order chi connectivity index (χ1) is 12.6. The Labute approximate surface area is 163 Å². The molecule has 0 aromatic carbocycles. The molecule has 7 nitrogen and oxygen atoms in total. The number of amidine groups is 1. The van der Waals surface area contributed by atoms with Gasteiger partial charge in [0.15, 0.2) is 0 Å². The van der Waals surface area contributed by atoms with Gasteiger partial charge in [0.2, 0.25) is 11.8 Å². The van der Waals surface area contributed by atoms with Crippen molar-refractivity contribution < 1.29 is 14.3 Å². The summed E-state index contributed by atoms with van der Waals surface area (Å²) < 4.78 is 5.33. The molecule has 2 atom stereocenters. The third kappa shape index (κ3) is 5.75. The van der Waals surface area contributed by atoms with Crippen molar-refractivity contribution in [2.24, 2.45) is 23.5 Å². The van der Waals surface area contributed by atoms with Crippen molar-refractivity contribution in [1.29, 1.82) is 5.41 Å². The van der Waals surface area contributed by atoms with Crippen molar-refractivity contribution in [3.63, 3.8) is 0 Å². The standard InChI is InChI=1S/C20H36N4O3/c1-14(2)11-20(4,22)19(26)24(15(3)21)12-16-5-8-23(9-6-16)18(25)17-7-10-27-13-17/h14,16-17,21H,5-13,22H2,1-4H3. The summed E-state index contributed by atoms with van der Waals surface area (Å²) in [6.45, 7) is 10.6. The first-order valence-electron chi connectivity index (χ1n) is 10.1. The second-order valence-corrected chi connectivity index (χ2v) is 8.85. The molecule has 2 unspecified atom stereocenters. The van der Waals surface area contributed by atoms with Crippen LogP contribution in [-0.4, -0.2) is 65.8 Å². The minimum absolute atomic E-state index is 0.0115. The summed E-state index contributed by atoms with van der Waals surface area (Å²) in [5.74, 6) is 0.872. The van der Waals surface area contributed by atoms with Crippen LogP contribution in [0, 0.1) is 23.2 Å². The number of likely N-dealkylation sites (tertiary alicyclic amines) is 1. The molecule has 2 rings (SSSR count). The monoisotopic (exact) mass is 380 g/mol. The van der Waals surface area contributed by atoms with Crippen LogP contribution in [0.5, 0.6) is 0 Å². The van der Waals surface area contributed by atoms with Crippen LogP contribution in [0.15, 0.2) is 0 Å². The number of rotatable bonds is 6. The van der Waals surface area contributed by atoms with Crippen molar-refractivity contribution in [3.05, 3.63) is 0 Å². The summed E-state index contributed by atoms with van der Waals surface area (Å²) in [7, 11) is 0. The van der Waals surface area contributed by atoms with Crippen LogP contribution in [0.25, 0.3) is 0 Å². The first kappa shape index (κ1) is 21.8. The lowest BCUT2D eigenvalue weighted by molar-refractivity contribution is -0.138. The predicted octanol–water partition coefficient (Wildman–Crippen LogP) is 1.85. The molecule has 2 fully saturated rings. The molecule has 2 saturated heterocycles. The largest absolute Gasteiger partial charge is 0.381 e. The summed E-state index contributed by atoms with van der Waals surface area (Å²) in [4.78, 5) is 28.9. The van der Waals surface area contributed by atoms with Gasteiger partial charge in [-0.25, -0.2) is 0 Å². The van der Waals surface area contributed by atoms with E-state index in [4.69, 9.17) is 15.9 Å². The van der Waals surface area contributed by atoms with Crippen LogP contribution in [0.3, 0.4) is 0 Å². The maximum absolute atomic E-state index is 12.9. The second-order valence-electron chi connectivity index (χ2n) is 8.85. The fraction of sp³-hybridized carbons (Fsp3) is 0.850. The van der Waals surface area contributed by atoms with Gasteiger partial charge in [-0.3, -0.25) is 19.9 Å². The van der Waals surface area contributed by atoms with Crippen molar-refractivity contribution >= 4 is 17.6 Å². The lowest BCUT2D eigenvalue weighted by Crippen LogP contribution is -2.56. The molecule has 0 aromatic heterocycles. The summed E-state index contributed by atoms with van der Waals surface area (Å²) in [6, 6.07) is 0. The molecule has 27 heavy (non-hydrogen) atoms. The fourth-order valence-corrected chi connectivity index (χ4v) is 4.20. The highest BCUT2D eigenvalue weighted by Crippen LogP contribution is 2.24. The van der Waals surface area contributed by atoms with E-state index in [9.17, 15) is 9.59 Å². The van der Waals surface area contributed by atoms with Gasteiger partial charge in [-0.1, -0.05) is 13.8 Å². The summed E-state index contributed by atoms with van der Waals surface area (Å²) in [5, 5.41) is 8.06. The third-order valence-electron chi connectivity index (χ3n) is 5.62. The minimum atomic E-state index is -0.963. The number of ether oxygens (including phenoxy) is 1. The summed E-state index contributed by atoms with van der Waals surface area (Å²) in [6.07, 6.45) is 3.11. The van der Waals surface area contributed by atoms with Gasteiger partial charge >= 0.3 is 0 Å². The molecular weight excluding hydrogens is 344 g/mol. The summed E-state index contributed by atoms with van der Waals surface area (Å²) in [5.41, 5.74) is 5.32. The number of carbonyl (C=O) groups excluding carboxylic acids is 2. The molecule has 2 heterocycles. The highest BCUT2D eigenvalue weighted by atomic mass is 16.5. The highest BCUT2D eigenvalue weighted by molar-refractivity contribution is 5.99. The Morgan fingerprint density at radius 2 is 1.93 bits per heavy atom. The number of nitrogens with two attached hydrogens (primary N) is 1. The van der Waals surface area contributed by atoms with Crippen LogP contribution in [-0.2, 0) is 14.3 Å². The number of carbonyl (C=O) groups is 2. The lowest BCUT2D eigenvalue weighted by atomic mass is 9.89. The second kappa shape index (κ2) is 9.15. The van der Waals surface area contributed by atoms with Crippen molar-refractivity contribution in [2.75, 3.05) is 32.8 Å². The molecule has 0 spiro atoms. The van der Waals surface area contributed by atoms with E-state index >= 15 is 0 Å². The van der Waals surface area contributed by atoms with E-state index in [1.165, 1.54) is 4.90 Å². The van der Waals surface area contributed by atoms with E-state index in [2.05, 4.69) is 0 Å². The normalized spacial score (nSPS) is 23.3. The molecule has 0 bridgehead atoms. The fourth-order valence-electron chi connectivity index (χ4n) is 4.20. The number of nitrogens with one attached hydrogen (secondary N) is 1. The first-order valence-corrected chi connectivity index (χ1v) is 10.1. The molecule has 0 aromatic rings. The van der Waals surface area contributed by atoms with E-state index < -0.39 is 5.54 Å². The Hall–Kier alpha value is -1.47. The van der Waals surface area contributed by atoms with Crippen LogP contribution in [0.1, 0.15) is 53.4 Å². The highest BCUT2D eigenvalue weighted by Gasteiger charge is 2.36. The van der Waals surface area contributed by atoms with E-state index in [0.29, 0.717) is 45.2 Å². The molecule has 0 radical (unpaired) electrons. The lowest BCUT2D eigenvalue weighted by Gasteiger charge is -2.38. The number of piperidine rings is 1. The topological polar surface area (TPSA) is 99.7 Å². The molecule has 2 aliphatic rings. The van der Waals surface area contributed by atoms with E-state index in [0.717, 1.165) is 19.3 Å². The number of hydrogen-bond acceptors (Lipinski definition) is 5. The number of nitrogens with zero attached hydrogens (tertiary/aromatic N) is 2. The molecule has 2 amide bonds. The Balaban J connectivity index is 1.91. The van der Waals surface area contributed by atoms with Crippen LogP contribution in [0.4, 0.5) is 0 Å². The SMILES string of the molecule is CC(=N)N(CC1CCN(C(=O)C2CCOC2)CC1)C(=O)C(C)(N)CC(C)C. The average Bonchev–Trinajstić information content (AvgIpc) is 3.12. The van der Waals surface area contributed by atoms with Crippen molar-refractivity contribution in [1.82, 2.24) is 9.80 Å². The Morgan fingerprint density at radius 1 is 1.30 bits per heavy atom. The molecular formula is C20H36N4O3. The zero-order valence-electron chi connectivity index (χ0n) is 17.3. The van der Waals surface area contributed by atoms with Gasteiger partial charge in [0.1, 0.15) is 0 Å². The molecule has 0 aliphatic carbocycles. The van der Waals surface area contributed by atoms with Gasteiger partial charge in [0, 0.05) is 26.2 Å². The zero-order chi connectivity index (χ0) is 20.2. The molecule has 7 heteroatoms. The van der Waals surface area contributed by atoms with E-state index in [1.807, 2.05) is 18.7 Å². The average molecular weight is 381 g/mol. The van der Waals surface area contributed by atoms with E-state index in [-0.39, 0.29) is 29.5 Å².